The Bertz CT molecular complexity index is 646. The highest BCUT2D eigenvalue weighted by Gasteiger charge is 2.05. The van der Waals surface area contributed by atoms with Gasteiger partial charge in [-0.15, -0.1) is 0 Å². The number of anilines is 1. The highest BCUT2D eigenvalue weighted by molar-refractivity contribution is 5.85. The summed E-state index contributed by atoms with van der Waals surface area (Å²) in [4.78, 5) is 6.07. The number of nitrogens with zero attached hydrogens (tertiary/aromatic N) is 2. The minimum Gasteiger partial charge on any atom is -0.447 e. The Balaban J connectivity index is 1.89. The maximum absolute atomic E-state index is 5.26. The van der Waals surface area contributed by atoms with Gasteiger partial charge in [-0.1, -0.05) is 30.3 Å². The van der Waals surface area contributed by atoms with Crippen molar-refractivity contribution in [1.82, 2.24) is 4.98 Å². The minimum absolute atomic E-state index is 0.721. The third kappa shape index (κ3) is 2.07. The van der Waals surface area contributed by atoms with Crippen LogP contribution in [0, 0.1) is 0 Å². The lowest BCUT2D eigenvalue weighted by molar-refractivity contribution is 0.502. The maximum Gasteiger partial charge on any atom is 0.180 e. The smallest absolute Gasteiger partial charge is 0.180 e. The Morgan fingerprint density at radius 3 is 2.72 bits per heavy atom. The normalized spacial score (nSPS) is 10.7. The molecule has 3 rings (SSSR count). The lowest BCUT2D eigenvalue weighted by Gasteiger charge is -2.18. The van der Waals surface area contributed by atoms with E-state index in [9.17, 15) is 0 Å². The zero-order valence-electron chi connectivity index (χ0n) is 10.2. The Hall–Kier alpha value is -2.29. The van der Waals surface area contributed by atoms with Gasteiger partial charge in [0, 0.05) is 12.7 Å². The molecule has 0 N–H and O–H groups in total. The third-order valence-electron chi connectivity index (χ3n) is 3.05. The average Bonchev–Trinajstić information content (AvgIpc) is 2.91. The molecule has 0 aliphatic rings. The summed E-state index contributed by atoms with van der Waals surface area (Å²) in [5, 5.41) is 2.51. The summed E-state index contributed by atoms with van der Waals surface area (Å²) in [6.45, 7) is 0.721. The minimum atomic E-state index is 0.721. The molecule has 0 saturated carbocycles. The predicted molar refractivity (Wildman–Crippen MR) is 72.6 cm³/mol. The molecule has 3 nitrogen and oxygen atoms in total. The predicted octanol–water partition coefficient (Wildman–Crippen LogP) is 3.46. The van der Waals surface area contributed by atoms with Crippen LogP contribution in [0.25, 0.3) is 10.8 Å². The Morgan fingerprint density at radius 2 is 1.94 bits per heavy atom. The quantitative estimate of drug-likeness (QED) is 0.699. The Labute approximate surface area is 106 Å². The standard InChI is InChI=1S/C15H14N2O/c1-17(10-15-9-16-11-18-15)14-7-6-12-4-2-3-5-13(12)8-14/h2-9,11H,10H2,1H3. The summed E-state index contributed by atoms with van der Waals surface area (Å²) >= 11 is 0. The van der Waals surface area contributed by atoms with Crippen LogP contribution in [0.15, 0.2) is 59.5 Å². The lowest BCUT2D eigenvalue weighted by atomic mass is 10.1. The highest BCUT2D eigenvalue weighted by Crippen LogP contribution is 2.22. The second-order valence-electron chi connectivity index (χ2n) is 4.36. The molecular weight excluding hydrogens is 224 g/mol. The van der Waals surface area contributed by atoms with Crippen LogP contribution >= 0.6 is 0 Å². The van der Waals surface area contributed by atoms with E-state index in [0.717, 1.165) is 12.3 Å². The Kier molecular flexibility index (Phi) is 2.73. The first kappa shape index (κ1) is 10.8. The molecule has 90 valence electrons. The second-order valence-corrected chi connectivity index (χ2v) is 4.36. The van der Waals surface area contributed by atoms with Gasteiger partial charge in [0.1, 0.15) is 5.76 Å². The van der Waals surface area contributed by atoms with E-state index in [2.05, 4.69) is 52.3 Å². The molecule has 1 heterocycles. The highest BCUT2D eigenvalue weighted by atomic mass is 16.3. The number of hydrogen-bond acceptors (Lipinski definition) is 3. The van der Waals surface area contributed by atoms with Gasteiger partial charge < -0.3 is 9.32 Å². The number of aromatic nitrogens is 1. The van der Waals surface area contributed by atoms with Gasteiger partial charge in [0.2, 0.25) is 0 Å². The van der Waals surface area contributed by atoms with Crippen molar-refractivity contribution in [2.75, 3.05) is 11.9 Å². The average molecular weight is 238 g/mol. The maximum atomic E-state index is 5.26. The van der Waals surface area contributed by atoms with E-state index in [1.807, 2.05) is 7.05 Å². The van der Waals surface area contributed by atoms with Crippen molar-refractivity contribution in [2.24, 2.45) is 0 Å². The van der Waals surface area contributed by atoms with Crippen LogP contribution in [0.4, 0.5) is 5.69 Å². The van der Waals surface area contributed by atoms with Gasteiger partial charge in [0.15, 0.2) is 6.39 Å². The zero-order valence-corrected chi connectivity index (χ0v) is 10.2. The number of oxazole rings is 1. The molecule has 1 aromatic heterocycles. The van der Waals surface area contributed by atoms with E-state index >= 15 is 0 Å². The number of benzene rings is 2. The van der Waals surface area contributed by atoms with E-state index < -0.39 is 0 Å². The molecule has 3 aromatic rings. The molecule has 0 aliphatic carbocycles. The summed E-state index contributed by atoms with van der Waals surface area (Å²) in [5.74, 6) is 0.866. The molecule has 0 amide bonds. The van der Waals surface area contributed by atoms with E-state index in [1.165, 1.54) is 22.9 Å². The fraction of sp³-hybridized carbons (Fsp3) is 0.133. The van der Waals surface area contributed by atoms with Crippen molar-refractivity contribution in [2.45, 2.75) is 6.54 Å². The summed E-state index contributed by atoms with van der Waals surface area (Å²) in [5.41, 5.74) is 1.17. The fourth-order valence-electron chi connectivity index (χ4n) is 2.06. The summed E-state index contributed by atoms with van der Waals surface area (Å²) in [6, 6.07) is 14.8. The second kappa shape index (κ2) is 4.53. The molecule has 0 atom stereocenters. The van der Waals surface area contributed by atoms with Gasteiger partial charge in [0.25, 0.3) is 0 Å². The number of hydrogen-bond donors (Lipinski definition) is 0. The first-order chi connectivity index (χ1) is 8.83. The molecule has 0 bridgehead atoms. The van der Waals surface area contributed by atoms with Crippen molar-refractivity contribution < 1.29 is 4.42 Å². The van der Waals surface area contributed by atoms with Crippen molar-refractivity contribution in [3.05, 3.63) is 60.8 Å². The van der Waals surface area contributed by atoms with Crippen LogP contribution in [0.2, 0.25) is 0 Å². The van der Waals surface area contributed by atoms with Crippen LogP contribution in [0.5, 0.6) is 0 Å². The molecule has 0 fully saturated rings. The van der Waals surface area contributed by atoms with Gasteiger partial charge in [-0.25, -0.2) is 4.98 Å². The summed E-state index contributed by atoms with van der Waals surface area (Å²) < 4.78 is 5.26. The van der Waals surface area contributed by atoms with Crippen molar-refractivity contribution in [3.63, 3.8) is 0 Å². The number of fused-ring (bicyclic) bond motifs is 1. The van der Waals surface area contributed by atoms with Crippen molar-refractivity contribution >= 4 is 16.5 Å². The third-order valence-corrected chi connectivity index (χ3v) is 3.05. The molecule has 0 spiro atoms. The Morgan fingerprint density at radius 1 is 1.11 bits per heavy atom. The van der Waals surface area contributed by atoms with Gasteiger partial charge in [-0.2, -0.15) is 0 Å². The van der Waals surface area contributed by atoms with Crippen molar-refractivity contribution in [3.8, 4) is 0 Å². The van der Waals surface area contributed by atoms with E-state index in [0.29, 0.717) is 0 Å². The van der Waals surface area contributed by atoms with Crippen LogP contribution in [-0.4, -0.2) is 12.0 Å². The van der Waals surface area contributed by atoms with Crippen LogP contribution in [-0.2, 0) is 6.54 Å². The molecule has 0 radical (unpaired) electrons. The fourth-order valence-corrected chi connectivity index (χ4v) is 2.06. The van der Waals surface area contributed by atoms with Gasteiger partial charge in [-0.05, 0) is 22.9 Å². The van der Waals surface area contributed by atoms with E-state index in [4.69, 9.17) is 4.42 Å². The summed E-state index contributed by atoms with van der Waals surface area (Å²) in [7, 11) is 2.05. The van der Waals surface area contributed by atoms with Gasteiger partial charge in [0.05, 0.1) is 12.7 Å². The van der Waals surface area contributed by atoms with Crippen LogP contribution in [0.1, 0.15) is 5.76 Å². The topological polar surface area (TPSA) is 29.3 Å². The summed E-state index contributed by atoms with van der Waals surface area (Å²) in [6.07, 6.45) is 3.21. The number of rotatable bonds is 3. The molecule has 3 heteroatoms. The SMILES string of the molecule is CN(Cc1cnco1)c1ccc2ccccc2c1. The van der Waals surface area contributed by atoms with E-state index in [1.54, 1.807) is 6.20 Å². The first-order valence-corrected chi connectivity index (χ1v) is 5.90. The molecule has 0 saturated heterocycles. The van der Waals surface area contributed by atoms with Gasteiger partial charge >= 0.3 is 0 Å². The lowest BCUT2D eigenvalue weighted by Crippen LogP contribution is -2.15. The molecule has 18 heavy (non-hydrogen) atoms. The molecule has 0 unspecified atom stereocenters. The molecule has 2 aromatic carbocycles. The molecular formula is C15H14N2O. The van der Waals surface area contributed by atoms with Gasteiger partial charge in [-0.3, -0.25) is 0 Å². The van der Waals surface area contributed by atoms with E-state index in [-0.39, 0.29) is 0 Å². The largest absolute Gasteiger partial charge is 0.447 e. The van der Waals surface area contributed by atoms with Crippen LogP contribution in [0.3, 0.4) is 0 Å². The first-order valence-electron chi connectivity index (χ1n) is 5.90. The van der Waals surface area contributed by atoms with Crippen molar-refractivity contribution in [1.29, 1.82) is 0 Å². The zero-order chi connectivity index (χ0) is 12.4. The van der Waals surface area contributed by atoms with Crippen LogP contribution < -0.4 is 4.90 Å². The monoisotopic (exact) mass is 238 g/mol. The molecule has 0 aliphatic heterocycles.